The van der Waals surface area contributed by atoms with Gasteiger partial charge in [-0.3, -0.25) is 0 Å². The minimum absolute atomic E-state index is 0.0320. The van der Waals surface area contributed by atoms with E-state index in [0.29, 0.717) is 6.61 Å². The molecular formula is C25H31N3O2. The Hall–Kier alpha value is -2.79. The normalized spacial score (nSPS) is 15.3. The zero-order chi connectivity index (χ0) is 20.8. The highest BCUT2D eigenvalue weighted by atomic mass is 16.5. The first-order valence-electron chi connectivity index (χ1n) is 10.8. The highest BCUT2D eigenvalue weighted by molar-refractivity contribution is 5.41. The minimum Gasteiger partial charge on any atom is -0.496 e. The molecule has 1 fully saturated rings. The molecule has 1 aliphatic carbocycles. The number of aromatic nitrogens is 2. The van der Waals surface area contributed by atoms with E-state index in [1.807, 2.05) is 31.7 Å². The number of hydrogen-bond acceptors (Lipinski definition) is 4. The molecule has 0 saturated heterocycles. The molecular weight excluding hydrogens is 374 g/mol. The Kier molecular flexibility index (Phi) is 6.38. The zero-order valence-corrected chi connectivity index (χ0v) is 17.9. The van der Waals surface area contributed by atoms with Gasteiger partial charge in [0, 0.05) is 35.6 Å². The van der Waals surface area contributed by atoms with Gasteiger partial charge in [0.05, 0.1) is 26.6 Å². The number of methoxy groups -OCH3 is 1. The summed E-state index contributed by atoms with van der Waals surface area (Å²) in [7, 11) is 1.76. The summed E-state index contributed by atoms with van der Waals surface area (Å²) in [6, 6.07) is 14.9. The van der Waals surface area contributed by atoms with Gasteiger partial charge < -0.3 is 19.4 Å². The van der Waals surface area contributed by atoms with E-state index in [2.05, 4.69) is 51.3 Å². The van der Waals surface area contributed by atoms with Crippen molar-refractivity contribution in [3.63, 3.8) is 0 Å². The first-order valence-corrected chi connectivity index (χ1v) is 10.8. The molecule has 0 amide bonds. The average molecular weight is 406 g/mol. The van der Waals surface area contributed by atoms with Crippen molar-refractivity contribution in [2.45, 2.75) is 51.2 Å². The van der Waals surface area contributed by atoms with E-state index >= 15 is 0 Å². The number of nitrogens with zero attached hydrogens (tertiary/aromatic N) is 2. The fourth-order valence-corrected chi connectivity index (χ4v) is 4.57. The SMILES string of the molecule is CCOc1ccc(CNC2(c3ccccc3OC)CCCC2)cc1Cn1ccnc1. The molecule has 158 valence electrons. The first kappa shape index (κ1) is 20.5. The van der Waals surface area contributed by atoms with E-state index in [1.165, 1.54) is 29.5 Å². The van der Waals surface area contributed by atoms with Gasteiger partial charge in [-0.25, -0.2) is 4.98 Å². The molecule has 0 unspecified atom stereocenters. The number of para-hydroxylation sites is 1. The smallest absolute Gasteiger partial charge is 0.124 e. The topological polar surface area (TPSA) is 48.3 Å². The average Bonchev–Trinajstić information content (AvgIpc) is 3.47. The maximum Gasteiger partial charge on any atom is 0.124 e. The van der Waals surface area contributed by atoms with Crippen molar-refractivity contribution in [3.05, 3.63) is 77.9 Å². The maximum atomic E-state index is 5.87. The van der Waals surface area contributed by atoms with Crippen molar-refractivity contribution >= 4 is 0 Å². The summed E-state index contributed by atoms with van der Waals surface area (Å²) in [6.07, 6.45) is 10.4. The molecule has 1 N–H and O–H groups in total. The highest BCUT2D eigenvalue weighted by Gasteiger charge is 2.37. The second-order valence-corrected chi connectivity index (χ2v) is 7.95. The zero-order valence-electron chi connectivity index (χ0n) is 17.9. The lowest BCUT2D eigenvalue weighted by molar-refractivity contribution is 0.316. The summed E-state index contributed by atoms with van der Waals surface area (Å²) in [5.41, 5.74) is 3.67. The largest absolute Gasteiger partial charge is 0.496 e. The molecule has 1 aliphatic rings. The molecule has 1 heterocycles. The molecule has 1 saturated carbocycles. The molecule has 30 heavy (non-hydrogen) atoms. The third-order valence-corrected chi connectivity index (χ3v) is 6.05. The number of rotatable bonds is 9. The Balaban J connectivity index is 1.57. The van der Waals surface area contributed by atoms with Crippen molar-refractivity contribution in [3.8, 4) is 11.5 Å². The van der Waals surface area contributed by atoms with Crippen LogP contribution in [0, 0.1) is 0 Å². The van der Waals surface area contributed by atoms with Crippen LogP contribution >= 0.6 is 0 Å². The van der Waals surface area contributed by atoms with Crippen LogP contribution in [0.5, 0.6) is 11.5 Å². The van der Waals surface area contributed by atoms with Crippen molar-refractivity contribution in [2.24, 2.45) is 0 Å². The Bertz CT molecular complexity index is 947. The van der Waals surface area contributed by atoms with Crippen LogP contribution in [-0.2, 0) is 18.6 Å². The Morgan fingerprint density at radius 3 is 2.67 bits per heavy atom. The summed E-state index contributed by atoms with van der Waals surface area (Å²) in [4.78, 5) is 4.16. The van der Waals surface area contributed by atoms with Crippen molar-refractivity contribution in [2.75, 3.05) is 13.7 Å². The monoisotopic (exact) mass is 405 g/mol. The van der Waals surface area contributed by atoms with E-state index in [0.717, 1.165) is 37.4 Å². The number of ether oxygens (including phenoxy) is 2. The van der Waals surface area contributed by atoms with Gasteiger partial charge in [0.15, 0.2) is 0 Å². The summed E-state index contributed by atoms with van der Waals surface area (Å²) < 4.78 is 13.6. The summed E-state index contributed by atoms with van der Waals surface area (Å²) >= 11 is 0. The van der Waals surface area contributed by atoms with Gasteiger partial charge >= 0.3 is 0 Å². The second-order valence-electron chi connectivity index (χ2n) is 7.95. The van der Waals surface area contributed by atoms with Gasteiger partial charge in [-0.05, 0) is 43.5 Å². The lowest BCUT2D eigenvalue weighted by Gasteiger charge is -2.32. The molecule has 5 heteroatoms. The van der Waals surface area contributed by atoms with Crippen LogP contribution in [-0.4, -0.2) is 23.3 Å². The molecule has 2 aromatic carbocycles. The van der Waals surface area contributed by atoms with E-state index < -0.39 is 0 Å². The van der Waals surface area contributed by atoms with E-state index in [1.54, 1.807) is 7.11 Å². The van der Waals surface area contributed by atoms with Crippen LogP contribution in [0.15, 0.2) is 61.2 Å². The van der Waals surface area contributed by atoms with Crippen LogP contribution in [0.1, 0.15) is 49.3 Å². The third-order valence-electron chi connectivity index (χ3n) is 6.05. The quantitative estimate of drug-likeness (QED) is 0.550. The van der Waals surface area contributed by atoms with Crippen LogP contribution in [0.4, 0.5) is 0 Å². The predicted molar refractivity (Wildman–Crippen MR) is 119 cm³/mol. The molecule has 3 aromatic rings. The van der Waals surface area contributed by atoms with E-state index in [-0.39, 0.29) is 5.54 Å². The van der Waals surface area contributed by atoms with Gasteiger partial charge in [0.25, 0.3) is 0 Å². The van der Waals surface area contributed by atoms with Gasteiger partial charge in [-0.1, -0.05) is 37.1 Å². The van der Waals surface area contributed by atoms with Crippen LogP contribution < -0.4 is 14.8 Å². The summed E-state index contributed by atoms with van der Waals surface area (Å²) in [5, 5.41) is 3.90. The second kappa shape index (κ2) is 9.35. The van der Waals surface area contributed by atoms with Crippen molar-refractivity contribution < 1.29 is 9.47 Å². The third kappa shape index (κ3) is 4.36. The fraction of sp³-hybridized carbons (Fsp3) is 0.400. The number of nitrogens with one attached hydrogen (secondary N) is 1. The highest BCUT2D eigenvalue weighted by Crippen LogP contribution is 2.42. The summed E-state index contributed by atoms with van der Waals surface area (Å²) in [5.74, 6) is 1.91. The first-order chi connectivity index (χ1) is 14.7. The Morgan fingerprint density at radius 2 is 1.93 bits per heavy atom. The Morgan fingerprint density at radius 1 is 1.10 bits per heavy atom. The maximum absolute atomic E-state index is 5.87. The van der Waals surface area contributed by atoms with E-state index in [4.69, 9.17) is 9.47 Å². The van der Waals surface area contributed by atoms with E-state index in [9.17, 15) is 0 Å². The molecule has 5 nitrogen and oxygen atoms in total. The lowest BCUT2D eigenvalue weighted by Crippen LogP contribution is -2.39. The van der Waals surface area contributed by atoms with Gasteiger partial charge in [-0.15, -0.1) is 0 Å². The number of imidazole rings is 1. The fourth-order valence-electron chi connectivity index (χ4n) is 4.57. The minimum atomic E-state index is -0.0320. The molecule has 4 rings (SSSR count). The van der Waals surface area contributed by atoms with Crippen LogP contribution in [0.2, 0.25) is 0 Å². The molecule has 1 aromatic heterocycles. The molecule has 0 aliphatic heterocycles. The van der Waals surface area contributed by atoms with Gasteiger partial charge in [-0.2, -0.15) is 0 Å². The lowest BCUT2D eigenvalue weighted by atomic mass is 9.87. The van der Waals surface area contributed by atoms with Gasteiger partial charge in [0.1, 0.15) is 11.5 Å². The predicted octanol–water partition coefficient (Wildman–Crippen LogP) is 4.90. The van der Waals surface area contributed by atoms with Crippen LogP contribution in [0.3, 0.4) is 0 Å². The van der Waals surface area contributed by atoms with Crippen molar-refractivity contribution in [1.82, 2.24) is 14.9 Å². The molecule has 0 spiro atoms. The molecule has 0 bridgehead atoms. The Labute approximate surface area is 179 Å². The molecule has 0 radical (unpaired) electrons. The van der Waals surface area contributed by atoms with Gasteiger partial charge in [0.2, 0.25) is 0 Å². The summed E-state index contributed by atoms with van der Waals surface area (Å²) in [6.45, 7) is 4.24. The number of benzene rings is 2. The standard InChI is InChI=1S/C25H31N3O2/c1-3-30-23-11-10-20(16-21(23)18-28-15-14-26-19-28)17-27-25(12-6-7-13-25)22-8-4-5-9-24(22)29-2/h4-5,8-11,14-16,19,27H,3,6-7,12-13,17-18H2,1-2H3. The molecule has 0 atom stereocenters. The number of hydrogen-bond donors (Lipinski definition) is 1. The van der Waals surface area contributed by atoms with Crippen LogP contribution in [0.25, 0.3) is 0 Å². The van der Waals surface area contributed by atoms with Crippen molar-refractivity contribution in [1.29, 1.82) is 0 Å².